The van der Waals surface area contributed by atoms with Gasteiger partial charge in [-0.25, -0.2) is 4.79 Å². The minimum Gasteiger partial charge on any atom is -0.450 e. The zero-order chi connectivity index (χ0) is 13.4. The Morgan fingerprint density at radius 1 is 1.22 bits per heavy atom. The number of carbonyl (C=O) groups excluding carboxylic acids is 2. The van der Waals surface area contributed by atoms with Crippen LogP contribution in [0, 0.1) is 0 Å². The van der Waals surface area contributed by atoms with Crippen molar-refractivity contribution in [2.24, 2.45) is 0 Å². The number of alkyl carbamates (subject to hydrolysis) is 1. The van der Waals surface area contributed by atoms with E-state index in [1.807, 2.05) is 30.3 Å². The predicted octanol–water partition coefficient (Wildman–Crippen LogP) is 2.32. The topological polar surface area (TPSA) is 55.4 Å². The second-order valence-electron chi connectivity index (χ2n) is 3.93. The van der Waals surface area contributed by atoms with Crippen LogP contribution in [0.3, 0.4) is 0 Å². The lowest BCUT2D eigenvalue weighted by molar-refractivity contribution is -0.120. The molecular formula is C14H19NO3. The first kappa shape index (κ1) is 14.2. The van der Waals surface area contributed by atoms with E-state index >= 15 is 0 Å². The minimum atomic E-state index is -0.541. The largest absolute Gasteiger partial charge is 0.450 e. The van der Waals surface area contributed by atoms with Gasteiger partial charge in [-0.1, -0.05) is 37.3 Å². The monoisotopic (exact) mass is 249 g/mol. The van der Waals surface area contributed by atoms with Crippen LogP contribution in [0.1, 0.15) is 25.8 Å². The fourth-order valence-electron chi connectivity index (χ4n) is 1.66. The summed E-state index contributed by atoms with van der Waals surface area (Å²) in [7, 11) is 0. The van der Waals surface area contributed by atoms with Crippen molar-refractivity contribution in [2.45, 2.75) is 32.7 Å². The molecule has 0 radical (unpaired) electrons. The van der Waals surface area contributed by atoms with Gasteiger partial charge in [-0.3, -0.25) is 4.79 Å². The molecule has 1 aromatic carbocycles. The Morgan fingerprint density at radius 3 is 2.44 bits per heavy atom. The van der Waals surface area contributed by atoms with Gasteiger partial charge in [0.25, 0.3) is 0 Å². The van der Waals surface area contributed by atoms with Crippen LogP contribution >= 0.6 is 0 Å². The van der Waals surface area contributed by atoms with E-state index in [0.29, 0.717) is 19.4 Å². The summed E-state index contributed by atoms with van der Waals surface area (Å²) in [6, 6.07) is 9.08. The Morgan fingerprint density at radius 2 is 1.89 bits per heavy atom. The van der Waals surface area contributed by atoms with E-state index in [0.717, 1.165) is 5.56 Å². The van der Waals surface area contributed by atoms with Crippen molar-refractivity contribution in [3.05, 3.63) is 35.9 Å². The number of ether oxygens (including phenoxy) is 1. The number of hydrogen-bond acceptors (Lipinski definition) is 3. The molecule has 1 aromatic rings. The number of ketones is 1. The van der Waals surface area contributed by atoms with Crippen LogP contribution in [0.2, 0.25) is 0 Å². The SMILES string of the molecule is CCOC(=O)NC(Cc1ccccc1)C(=O)CC. The van der Waals surface area contributed by atoms with E-state index in [1.165, 1.54) is 0 Å². The molecule has 0 aliphatic heterocycles. The quantitative estimate of drug-likeness (QED) is 0.841. The van der Waals surface area contributed by atoms with Crippen molar-refractivity contribution in [2.75, 3.05) is 6.61 Å². The summed E-state index contributed by atoms with van der Waals surface area (Å²) in [5.41, 5.74) is 1.01. The maximum Gasteiger partial charge on any atom is 0.407 e. The van der Waals surface area contributed by atoms with Crippen LogP contribution in [0.15, 0.2) is 30.3 Å². The first-order valence-corrected chi connectivity index (χ1v) is 6.17. The average Bonchev–Trinajstić information content (AvgIpc) is 2.38. The standard InChI is InChI=1S/C14H19NO3/c1-3-13(16)12(15-14(17)18-4-2)10-11-8-6-5-7-9-11/h5-9,12H,3-4,10H2,1-2H3,(H,15,17). The van der Waals surface area contributed by atoms with E-state index in [4.69, 9.17) is 4.74 Å². The molecule has 1 atom stereocenters. The third-order valence-corrected chi connectivity index (χ3v) is 2.59. The van der Waals surface area contributed by atoms with Crippen molar-refractivity contribution in [1.29, 1.82) is 0 Å². The second kappa shape index (κ2) is 7.48. The van der Waals surface area contributed by atoms with E-state index in [-0.39, 0.29) is 5.78 Å². The molecule has 1 amide bonds. The van der Waals surface area contributed by atoms with Gasteiger partial charge < -0.3 is 10.1 Å². The molecule has 4 heteroatoms. The van der Waals surface area contributed by atoms with Crippen LogP contribution in [0.4, 0.5) is 4.79 Å². The highest BCUT2D eigenvalue weighted by Gasteiger charge is 2.19. The fraction of sp³-hybridized carbons (Fsp3) is 0.429. The van der Waals surface area contributed by atoms with Crippen LogP contribution < -0.4 is 5.32 Å². The third-order valence-electron chi connectivity index (χ3n) is 2.59. The molecule has 1 N–H and O–H groups in total. The summed E-state index contributed by atoms with van der Waals surface area (Å²) in [5, 5.41) is 2.61. The number of benzene rings is 1. The van der Waals surface area contributed by atoms with Crippen LogP contribution in [-0.4, -0.2) is 24.5 Å². The molecule has 1 unspecified atom stereocenters. The fourth-order valence-corrected chi connectivity index (χ4v) is 1.66. The van der Waals surface area contributed by atoms with Crippen molar-refractivity contribution in [3.63, 3.8) is 0 Å². The smallest absolute Gasteiger partial charge is 0.407 e. The zero-order valence-corrected chi connectivity index (χ0v) is 10.8. The molecule has 0 aliphatic rings. The van der Waals surface area contributed by atoms with E-state index < -0.39 is 12.1 Å². The summed E-state index contributed by atoms with van der Waals surface area (Å²) in [6.07, 6.45) is 0.344. The average molecular weight is 249 g/mol. The van der Waals surface area contributed by atoms with Gasteiger partial charge in [-0.15, -0.1) is 0 Å². The first-order chi connectivity index (χ1) is 8.67. The van der Waals surface area contributed by atoms with Crippen LogP contribution in [0.5, 0.6) is 0 Å². The highest BCUT2D eigenvalue weighted by molar-refractivity contribution is 5.87. The van der Waals surface area contributed by atoms with E-state index in [2.05, 4.69) is 5.32 Å². The van der Waals surface area contributed by atoms with Crippen LogP contribution in [-0.2, 0) is 16.0 Å². The van der Waals surface area contributed by atoms with Gasteiger partial charge in [-0.05, 0) is 18.9 Å². The summed E-state index contributed by atoms with van der Waals surface area (Å²) < 4.78 is 4.80. The molecule has 0 bridgehead atoms. The van der Waals surface area contributed by atoms with Gasteiger partial charge in [0.2, 0.25) is 0 Å². The van der Waals surface area contributed by atoms with E-state index in [1.54, 1.807) is 13.8 Å². The number of Topliss-reactive ketones (excluding diaryl/α,β-unsaturated/α-hetero) is 1. The summed E-state index contributed by atoms with van der Waals surface area (Å²) >= 11 is 0. The van der Waals surface area contributed by atoms with Crippen molar-refractivity contribution >= 4 is 11.9 Å². The Hall–Kier alpha value is -1.84. The van der Waals surface area contributed by atoms with Gasteiger partial charge in [0.15, 0.2) is 5.78 Å². The number of amides is 1. The maximum atomic E-state index is 11.8. The molecule has 0 aromatic heterocycles. The number of hydrogen-bond donors (Lipinski definition) is 1. The molecule has 98 valence electrons. The maximum absolute atomic E-state index is 11.8. The molecule has 0 fully saturated rings. The van der Waals surface area contributed by atoms with Crippen LogP contribution in [0.25, 0.3) is 0 Å². The van der Waals surface area contributed by atoms with Crippen molar-refractivity contribution < 1.29 is 14.3 Å². The molecule has 0 spiro atoms. The molecule has 1 rings (SSSR count). The molecule has 0 saturated carbocycles. The van der Waals surface area contributed by atoms with Gasteiger partial charge in [0.05, 0.1) is 12.6 Å². The summed E-state index contributed by atoms with van der Waals surface area (Å²) in [5.74, 6) is 0.00639. The third kappa shape index (κ3) is 4.57. The van der Waals surface area contributed by atoms with Gasteiger partial charge in [-0.2, -0.15) is 0 Å². The Balaban J connectivity index is 2.67. The zero-order valence-electron chi connectivity index (χ0n) is 10.8. The highest BCUT2D eigenvalue weighted by Crippen LogP contribution is 2.05. The minimum absolute atomic E-state index is 0.00639. The van der Waals surface area contributed by atoms with Crippen molar-refractivity contribution in [3.8, 4) is 0 Å². The predicted molar refractivity (Wildman–Crippen MR) is 69.4 cm³/mol. The van der Waals surface area contributed by atoms with E-state index in [9.17, 15) is 9.59 Å². The molecule has 0 heterocycles. The lowest BCUT2D eigenvalue weighted by atomic mass is 10.0. The van der Waals surface area contributed by atoms with Gasteiger partial charge >= 0.3 is 6.09 Å². The lowest BCUT2D eigenvalue weighted by Gasteiger charge is -2.16. The summed E-state index contributed by atoms with van der Waals surface area (Å²) in [6.45, 7) is 3.81. The first-order valence-electron chi connectivity index (χ1n) is 6.17. The molecule has 18 heavy (non-hydrogen) atoms. The highest BCUT2D eigenvalue weighted by atomic mass is 16.5. The normalized spacial score (nSPS) is 11.7. The molecule has 0 aliphatic carbocycles. The lowest BCUT2D eigenvalue weighted by Crippen LogP contribution is -2.42. The Kier molecular flexibility index (Phi) is 5.91. The molecule has 4 nitrogen and oxygen atoms in total. The van der Waals surface area contributed by atoms with Gasteiger partial charge in [0.1, 0.15) is 0 Å². The van der Waals surface area contributed by atoms with Gasteiger partial charge in [0, 0.05) is 6.42 Å². The number of rotatable bonds is 6. The second-order valence-corrected chi connectivity index (χ2v) is 3.93. The number of nitrogens with one attached hydrogen (secondary N) is 1. The molecular weight excluding hydrogens is 230 g/mol. The summed E-state index contributed by atoms with van der Waals surface area (Å²) in [4.78, 5) is 23.2. The Labute approximate surface area is 107 Å². The molecule has 0 saturated heterocycles. The van der Waals surface area contributed by atoms with Crippen molar-refractivity contribution in [1.82, 2.24) is 5.32 Å². The number of carbonyl (C=O) groups is 2. The Bertz CT molecular complexity index is 389.